The van der Waals surface area contributed by atoms with Crippen molar-refractivity contribution in [3.05, 3.63) is 70.2 Å². The summed E-state index contributed by atoms with van der Waals surface area (Å²) < 4.78 is 1.18. The van der Waals surface area contributed by atoms with E-state index < -0.39 is 0 Å². The lowest BCUT2D eigenvalue weighted by Gasteiger charge is -2.35. The minimum absolute atomic E-state index is 0.0747. The third-order valence-electron chi connectivity index (χ3n) is 4.12. The number of likely N-dealkylation sites (N-methyl/N-ethyl adjacent to an activating group) is 1. The quantitative estimate of drug-likeness (QED) is 0.846. The van der Waals surface area contributed by atoms with Crippen molar-refractivity contribution >= 4 is 15.9 Å². The van der Waals surface area contributed by atoms with Crippen LogP contribution in [-0.2, 0) is 11.8 Å². The van der Waals surface area contributed by atoms with E-state index in [0.717, 1.165) is 6.42 Å². The van der Waals surface area contributed by atoms with E-state index in [4.69, 9.17) is 0 Å². The van der Waals surface area contributed by atoms with E-state index in [1.807, 2.05) is 7.05 Å². The van der Waals surface area contributed by atoms with Crippen LogP contribution in [0.2, 0.25) is 0 Å². The molecule has 0 spiro atoms. The van der Waals surface area contributed by atoms with Gasteiger partial charge in [-0.2, -0.15) is 0 Å². The molecule has 1 unspecified atom stereocenters. The Morgan fingerprint density at radius 1 is 1.00 bits per heavy atom. The Hall–Kier alpha value is -1.12. The van der Waals surface area contributed by atoms with Crippen LogP contribution >= 0.6 is 15.9 Å². The standard InChI is InChI=1S/C18H22BrN/c1-18(2,15-10-5-4-6-11-15)17(20-3)13-14-9-7-8-12-16(14)19/h4-12,17,20H,13H2,1-3H3. The number of hydrogen-bond acceptors (Lipinski definition) is 1. The lowest BCUT2D eigenvalue weighted by atomic mass is 9.75. The van der Waals surface area contributed by atoms with Crippen molar-refractivity contribution in [1.82, 2.24) is 5.32 Å². The van der Waals surface area contributed by atoms with Gasteiger partial charge in [-0.1, -0.05) is 78.3 Å². The van der Waals surface area contributed by atoms with Gasteiger partial charge in [0.1, 0.15) is 0 Å². The second kappa shape index (κ2) is 6.55. The summed E-state index contributed by atoms with van der Waals surface area (Å²) in [6, 6.07) is 19.6. The Labute approximate surface area is 130 Å². The molecule has 1 N–H and O–H groups in total. The minimum atomic E-state index is 0.0747. The van der Waals surface area contributed by atoms with Gasteiger partial charge in [-0.15, -0.1) is 0 Å². The maximum absolute atomic E-state index is 3.65. The zero-order chi connectivity index (χ0) is 14.6. The molecule has 0 saturated carbocycles. The fourth-order valence-electron chi connectivity index (χ4n) is 2.67. The number of benzene rings is 2. The van der Waals surface area contributed by atoms with Gasteiger partial charge in [-0.05, 0) is 30.7 Å². The molecule has 2 aromatic rings. The first-order chi connectivity index (χ1) is 9.55. The third kappa shape index (κ3) is 3.31. The van der Waals surface area contributed by atoms with Crippen molar-refractivity contribution < 1.29 is 0 Å². The topological polar surface area (TPSA) is 12.0 Å². The zero-order valence-corrected chi connectivity index (χ0v) is 13.9. The molecule has 1 nitrogen and oxygen atoms in total. The Morgan fingerprint density at radius 3 is 2.20 bits per heavy atom. The molecule has 1 atom stereocenters. The highest BCUT2D eigenvalue weighted by Crippen LogP contribution is 2.30. The molecule has 0 saturated heterocycles. The van der Waals surface area contributed by atoms with Gasteiger partial charge in [0.25, 0.3) is 0 Å². The van der Waals surface area contributed by atoms with Crippen LogP contribution in [0.5, 0.6) is 0 Å². The van der Waals surface area contributed by atoms with E-state index in [2.05, 4.69) is 89.7 Å². The lowest BCUT2D eigenvalue weighted by molar-refractivity contribution is 0.356. The molecule has 0 radical (unpaired) electrons. The zero-order valence-electron chi connectivity index (χ0n) is 12.4. The first kappa shape index (κ1) is 15.3. The maximum atomic E-state index is 3.65. The maximum Gasteiger partial charge on any atom is 0.0207 e. The van der Waals surface area contributed by atoms with Crippen LogP contribution < -0.4 is 5.32 Å². The Morgan fingerprint density at radius 2 is 1.60 bits per heavy atom. The van der Waals surface area contributed by atoms with E-state index in [-0.39, 0.29) is 5.41 Å². The summed E-state index contributed by atoms with van der Waals surface area (Å²) in [6.07, 6.45) is 1.000. The minimum Gasteiger partial charge on any atom is -0.316 e. The number of rotatable bonds is 5. The summed E-state index contributed by atoms with van der Waals surface area (Å²) in [5, 5.41) is 3.50. The van der Waals surface area contributed by atoms with Crippen LogP contribution in [0.3, 0.4) is 0 Å². The van der Waals surface area contributed by atoms with Crippen LogP contribution in [0.4, 0.5) is 0 Å². The van der Waals surface area contributed by atoms with Gasteiger partial charge < -0.3 is 5.32 Å². The van der Waals surface area contributed by atoms with Crippen LogP contribution in [-0.4, -0.2) is 13.1 Å². The second-order valence-electron chi connectivity index (χ2n) is 5.72. The number of halogens is 1. The summed E-state index contributed by atoms with van der Waals surface area (Å²) in [7, 11) is 2.05. The Kier molecular flexibility index (Phi) is 5.00. The van der Waals surface area contributed by atoms with E-state index >= 15 is 0 Å². The highest BCUT2D eigenvalue weighted by molar-refractivity contribution is 9.10. The van der Waals surface area contributed by atoms with Crippen molar-refractivity contribution in [3.8, 4) is 0 Å². The highest BCUT2D eigenvalue weighted by Gasteiger charge is 2.30. The number of hydrogen-bond donors (Lipinski definition) is 1. The highest BCUT2D eigenvalue weighted by atomic mass is 79.9. The molecule has 2 heteroatoms. The van der Waals surface area contributed by atoms with Gasteiger partial charge in [0.15, 0.2) is 0 Å². The smallest absolute Gasteiger partial charge is 0.0207 e. The molecular weight excluding hydrogens is 310 g/mol. The first-order valence-electron chi connectivity index (χ1n) is 7.02. The van der Waals surface area contributed by atoms with Crippen LogP contribution in [0.25, 0.3) is 0 Å². The molecule has 2 aromatic carbocycles. The largest absolute Gasteiger partial charge is 0.316 e. The molecular formula is C18H22BrN. The van der Waals surface area contributed by atoms with Crippen molar-refractivity contribution in [3.63, 3.8) is 0 Å². The van der Waals surface area contributed by atoms with Gasteiger partial charge in [-0.3, -0.25) is 0 Å². The fraction of sp³-hybridized carbons (Fsp3) is 0.333. The van der Waals surface area contributed by atoms with Crippen molar-refractivity contribution in [1.29, 1.82) is 0 Å². The first-order valence-corrected chi connectivity index (χ1v) is 7.81. The monoisotopic (exact) mass is 331 g/mol. The lowest BCUT2D eigenvalue weighted by Crippen LogP contribution is -2.44. The van der Waals surface area contributed by atoms with Gasteiger partial charge in [-0.25, -0.2) is 0 Å². The summed E-state index contributed by atoms with van der Waals surface area (Å²) in [5.41, 5.74) is 2.79. The van der Waals surface area contributed by atoms with E-state index in [1.54, 1.807) is 0 Å². The van der Waals surface area contributed by atoms with Crippen LogP contribution in [0.15, 0.2) is 59.1 Å². The summed E-state index contributed by atoms with van der Waals surface area (Å²) in [4.78, 5) is 0. The van der Waals surface area contributed by atoms with Gasteiger partial charge in [0.2, 0.25) is 0 Å². The molecule has 0 aromatic heterocycles. The average molecular weight is 332 g/mol. The van der Waals surface area contributed by atoms with Crippen molar-refractivity contribution in [2.24, 2.45) is 0 Å². The van der Waals surface area contributed by atoms with E-state index in [1.165, 1.54) is 15.6 Å². The van der Waals surface area contributed by atoms with Gasteiger partial charge in [0.05, 0.1) is 0 Å². The molecule has 0 aliphatic rings. The summed E-state index contributed by atoms with van der Waals surface area (Å²) in [5.74, 6) is 0. The second-order valence-corrected chi connectivity index (χ2v) is 6.58. The summed E-state index contributed by atoms with van der Waals surface area (Å²) in [6.45, 7) is 4.61. The Bertz CT molecular complexity index is 548. The fourth-order valence-corrected chi connectivity index (χ4v) is 3.12. The SMILES string of the molecule is CNC(Cc1ccccc1Br)C(C)(C)c1ccccc1. The van der Waals surface area contributed by atoms with Gasteiger partial charge in [0, 0.05) is 15.9 Å². The molecule has 106 valence electrons. The molecule has 2 rings (SSSR count). The van der Waals surface area contributed by atoms with E-state index in [0.29, 0.717) is 6.04 Å². The number of nitrogens with one attached hydrogen (secondary N) is 1. The average Bonchev–Trinajstić information content (AvgIpc) is 2.47. The summed E-state index contributed by atoms with van der Waals surface area (Å²) >= 11 is 3.65. The van der Waals surface area contributed by atoms with Crippen molar-refractivity contribution in [2.75, 3.05) is 7.05 Å². The van der Waals surface area contributed by atoms with Crippen LogP contribution in [0.1, 0.15) is 25.0 Å². The molecule has 0 bridgehead atoms. The molecule has 0 heterocycles. The molecule has 0 amide bonds. The molecule has 0 fully saturated rings. The van der Waals surface area contributed by atoms with Crippen LogP contribution in [0, 0.1) is 0 Å². The predicted octanol–water partition coefficient (Wildman–Crippen LogP) is 4.56. The van der Waals surface area contributed by atoms with E-state index in [9.17, 15) is 0 Å². The van der Waals surface area contributed by atoms with Crippen molar-refractivity contribution in [2.45, 2.75) is 31.7 Å². The molecule has 0 aliphatic heterocycles. The predicted molar refractivity (Wildman–Crippen MR) is 90.2 cm³/mol. The normalized spacial score (nSPS) is 13.2. The third-order valence-corrected chi connectivity index (χ3v) is 4.89. The Balaban J connectivity index is 2.26. The molecule has 20 heavy (non-hydrogen) atoms. The molecule has 0 aliphatic carbocycles. The van der Waals surface area contributed by atoms with Gasteiger partial charge >= 0.3 is 0 Å².